The average molecular weight is 255 g/mol. The third-order valence-electron chi connectivity index (χ3n) is 2.09. The van der Waals surface area contributed by atoms with Gasteiger partial charge in [0.15, 0.2) is 0 Å². The van der Waals surface area contributed by atoms with E-state index in [4.69, 9.17) is 0 Å². The molecular weight excluding hydrogens is 244 g/mol. The number of alkyl halides is 1. The molecule has 0 bridgehead atoms. The van der Waals surface area contributed by atoms with Crippen LogP contribution >= 0.6 is 15.9 Å². The van der Waals surface area contributed by atoms with Gasteiger partial charge in [-0.3, -0.25) is 4.68 Å². The van der Waals surface area contributed by atoms with Crippen LogP contribution in [-0.4, -0.2) is 19.3 Å². The lowest BCUT2D eigenvalue weighted by atomic mass is 10.4. The van der Waals surface area contributed by atoms with E-state index in [9.17, 15) is 0 Å². The van der Waals surface area contributed by atoms with Gasteiger partial charge in [0, 0.05) is 24.8 Å². The van der Waals surface area contributed by atoms with Crippen molar-refractivity contribution < 1.29 is 0 Å². The van der Waals surface area contributed by atoms with E-state index < -0.39 is 0 Å². The molecule has 0 aliphatic rings. The van der Waals surface area contributed by atoms with Crippen LogP contribution in [-0.2, 0) is 18.9 Å². The Labute approximate surface area is 90.7 Å². The second-order valence-electron chi connectivity index (χ2n) is 3.12. The van der Waals surface area contributed by atoms with Crippen LogP contribution in [0.15, 0.2) is 24.8 Å². The van der Waals surface area contributed by atoms with E-state index in [2.05, 4.69) is 26.0 Å². The molecule has 2 rings (SSSR count). The summed E-state index contributed by atoms with van der Waals surface area (Å²) in [6.07, 6.45) is 5.67. The van der Waals surface area contributed by atoms with E-state index in [1.807, 2.05) is 34.9 Å². The van der Waals surface area contributed by atoms with Crippen molar-refractivity contribution in [2.75, 3.05) is 0 Å². The van der Waals surface area contributed by atoms with Gasteiger partial charge < -0.3 is 4.57 Å². The largest absolute Gasteiger partial charge is 0.331 e. The Morgan fingerprint density at radius 3 is 2.93 bits per heavy atom. The zero-order chi connectivity index (χ0) is 9.97. The predicted octanol–water partition coefficient (Wildman–Crippen LogP) is 1.56. The number of aromatic nitrogens is 4. The summed E-state index contributed by atoms with van der Waals surface area (Å²) in [7, 11) is 1.94. The highest BCUT2D eigenvalue weighted by molar-refractivity contribution is 9.08. The van der Waals surface area contributed by atoms with Crippen molar-refractivity contribution in [3.63, 3.8) is 0 Å². The standard InChI is InChI=1S/C9H11BrN4/c1-13-9(2-3-12-13)6-14-5-8(4-10)11-7-14/h2-3,5,7H,4,6H2,1H3. The molecular formula is C9H11BrN4. The predicted molar refractivity (Wildman–Crippen MR) is 57.2 cm³/mol. The van der Waals surface area contributed by atoms with Gasteiger partial charge in [-0.15, -0.1) is 0 Å². The maximum Gasteiger partial charge on any atom is 0.0953 e. The number of hydrogen-bond acceptors (Lipinski definition) is 2. The molecule has 0 atom stereocenters. The smallest absolute Gasteiger partial charge is 0.0953 e. The van der Waals surface area contributed by atoms with Crippen LogP contribution in [0.25, 0.3) is 0 Å². The van der Waals surface area contributed by atoms with E-state index in [1.54, 1.807) is 6.20 Å². The second kappa shape index (κ2) is 3.96. The number of imidazole rings is 1. The summed E-state index contributed by atoms with van der Waals surface area (Å²) in [5.74, 6) is 0. The van der Waals surface area contributed by atoms with Crippen LogP contribution in [0, 0.1) is 0 Å². The zero-order valence-corrected chi connectivity index (χ0v) is 9.48. The fourth-order valence-electron chi connectivity index (χ4n) is 1.31. The quantitative estimate of drug-likeness (QED) is 0.780. The molecule has 74 valence electrons. The molecule has 0 aliphatic heterocycles. The lowest BCUT2D eigenvalue weighted by Gasteiger charge is -2.01. The molecule has 0 saturated carbocycles. The van der Waals surface area contributed by atoms with E-state index in [0.29, 0.717) is 0 Å². The van der Waals surface area contributed by atoms with Gasteiger partial charge in [-0.1, -0.05) is 15.9 Å². The Hall–Kier alpha value is -1.10. The Kier molecular flexibility index (Phi) is 2.67. The van der Waals surface area contributed by atoms with Crippen molar-refractivity contribution in [2.24, 2.45) is 7.05 Å². The van der Waals surface area contributed by atoms with Gasteiger partial charge in [0.1, 0.15) is 0 Å². The molecule has 0 saturated heterocycles. The molecule has 4 nitrogen and oxygen atoms in total. The number of halogens is 1. The third-order valence-corrected chi connectivity index (χ3v) is 2.67. The lowest BCUT2D eigenvalue weighted by molar-refractivity contribution is 0.666. The third kappa shape index (κ3) is 1.87. The topological polar surface area (TPSA) is 35.6 Å². The minimum absolute atomic E-state index is 0.797. The summed E-state index contributed by atoms with van der Waals surface area (Å²) in [5, 5.41) is 4.91. The number of nitrogens with zero attached hydrogens (tertiary/aromatic N) is 4. The van der Waals surface area contributed by atoms with Crippen LogP contribution in [0.4, 0.5) is 0 Å². The van der Waals surface area contributed by atoms with Crippen molar-refractivity contribution in [3.8, 4) is 0 Å². The molecule has 0 radical (unpaired) electrons. The van der Waals surface area contributed by atoms with Gasteiger partial charge in [-0.05, 0) is 6.07 Å². The van der Waals surface area contributed by atoms with E-state index in [0.717, 1.165) is 17.6 Å². The van der Waals surface area contributed by atoms with Gasteiger partial charge in [0.05, 0.1) is 24.3 Å². The van der Waals surface area contributed by atoms with E-state index in [-0.39, 0.29) is 0 Å². The van der Waals surface area contributed by atoms with Crippen molar-refractivity contribution in [3.05, 3.63) is 36.2 Å². The summed E-state index contributed by atoms with van der Waals surface area (Å²) in [5.41, 5.74) is 2.22. The molecule has 0 aliphatic carbocycles. The van der Waals surface area contributed by atoms with E-state index in [1.165, 1.54) is 5.69 Å². The molecule has 0 amide bonds. The van der Waals surface area contributed by atoms with Crippen molar-refractivity contribution >= 4 is 15.9 Å². The Morgan fingerprint density at radius 2 is 2.36 bits per heavy atom. The van der Waals surface area contributed by atoms with Crippen LogP contribution in [0.5, 0.6) is 0 Å². The van der Waals surface area contributed by atoms with Gasteiger partial charge >= 0.3 is 0 Å². The van der Waals surface area contributed by atoms with Crippen LogP contribution in [0.3, 0.4) is 0 Å². The maximum absolute atomic E-state index is 4.23. The summed E-state index contributed by atoms with van der Waals surface area (Å²) >= 11 is 3.37. The first-order valence-corrected chi connectivity index (χ1v) is 5.45. The summed E-state index contributed by atoms with van der Waals surface area (Å²) in [6.45, 7) is 0.816. The molecule has 0 unspecified atom stereocenters. The normalized spacial score (nSPS) is 10.7. The van der Waals surface area contributed by atoms with Gasteiger partial charge in [0.25, 0.3) is 0 Å². The monoisotopic (exact) mass is 254 g/mol. The molecule has 0 fully saturated rings. The minimum atomic E-state index is 0.797. The summed E-state index contributed by atoms with van der Waals surface area (Å²) in [4.78, 5) is 4.23. The van der Waals surface area contributed by atoms with Gasteiger partial charge in [0.2, 0.25) is 0 Å². The highest BCUT2D eigenvalue weighted by Gasteiger charge is 2.01. The number of aryl methyl sites for hydroxylation is 1. The molecule has 0 aromatic carbocycles. The Bertz CT molecular complexity index is 418. The Morgan fingerprint density at radius 1 is 1.50 bits per heavy atom. The summed E-state index contributed by atoms with van der Waals surface area (Å²) in [6, 6.07) is 2.01. The number of rotatable bonds is 3. The first kappa shape index (κ1) is 9.45. The average Bonchev–Trinajstić information content (AvgIpc) is 2.77. The SMILES string of the molecule is Cn1nccc1Cn1cnc(CBr)c1. The Balaban J connectivity index is 2.15. The van der Waals surface area contributed by atoms with Crippen LogP contribution in [0.1, 0.15) is 11.4 Å². The van der Waals surface area contributed by atoms with Crippen molar-refractivity contribution in [1.29, 1.82) is 0 Å². The minimum Gasteiger partial charge on any atom is -0.331 e. The molecule has 0 spiro atoms. The van der Waals surface area contributed by atoms with Crippen LogP contribution in [0.2, 0.25) is 0 Å². The van der Waals surface area contributed by atoms with Crippen LogP contribution < -0.4 is 0 Å². The van der Waals surface area contributed by atoms with Gasteiger partial charge in [-0.25, -0.2) is 4.98 Å². The fourth-order valence-corrected chi connectivity index (χ4v) is 1.59. The van der Waals surface area contributed by atoms with Crippen molar-refractivity contribution in [1.82, 2.24) is 19.3 Å². The lowest BCUT2D eigenvalue weighted by Crippen LogP contribution is -2.03. The molecule has 2 aromatic rings. The highest BCUT2D eigenvalue weighted by Crippen LogP contribution is 2.05. The molecule has 14 heavy (non-hydrogen) atoms. The van der Waals surface area contributed by atoms with Gasteiger partial charge in [-0.2, -0.15) is 5.10 Å². The molecule has 2 heterocycles. The van der Waals surface area contributed by atoms with E-state index >= 15 is 0 Å². The maximum atomic E-state index is 4.23. The zero-order valence-electron chi connectivity index (χ0n) is 7.89. The first-order chi connectivity index (χ1) is 6.79. The summed E-state index contributed by atoms with van der Waals surface area (Å²) < 4.78 is 3.92. The van der Waals surface area contributed by atoms with Crippen molar-refractivity contribution in [2.45, 2.75) is 11.9 Å². The fraction of sp³-hybridized carbons (Fsp3) is 0.333. The second-order valence-corrected chi connectivity index (χ2v) is 3.68. The molecule has 0 N–H and O–H groups in total. The molecule has 2 aromatic heterocycles. The number of hydrogen-bond donors (Lipinski definition) is 0. The highest BCUT2D eigenvalue weighted by atomic mass is 79.9. The first-order valence-electron chi connectivity index (χ1n) is 4.33. The molecule has 5 heteroatoms.